The minimum atomic E-state index is 0.654. The maximum absolute atomic E-state index is 8.80. The van der Waals surface area contributed by atoms with Crippen LogP contribution < -0.4 is 0 Å². The SMILES string of the molecule is C=CCC/C(=N\O)c1ccc(Cl)cc1. The van der Waals surface area contributed by atoms with Crippen LogP contribution in [0.15, 0.2) is 42.1 Å². The van der Waals surface area contributed by atoms with Gasteiger partial charge in [-0.25, -0.2) is 0 Å². The lowest BCUT2D eigenvalue weighted by atomic mass is 10.1. The number of oxime groups is 1. The zero-order valence-electron chi connectivity index (χ0n) is 7.78. The topological polar surface area (TPSA) is 32.6 Å². The summed E-state index contributed by atoms with van der Waals surface area (Å²) in [4.78, 5) is 0. The summed E-state index contributed by atoms with van der Waals surface area (Å²) in [6.45, 7) is 3.62. The predicted octanol–water partition coefficient (Wildman–Crippen LogP) is 3.48. The number of nitrogens with zero attached hydrogens (tertiary/aromatic N) is 1. The highest BCUT2D eigenvalue weighted by molar-refractivity contribution is 6.30. The third kappa shape index (κ3) is 2.89. The molecule has 2 nitrogen and oxygen atoms in total. The molecule has 0 saturated carbocycles. The van der Waals surface area contributed by atoms with Crippen molar-refractivity contribution in [1.29, 1.82) is 0 Å². The van der Waals surface area contributed by atoms with E-state index in [1.165, 1.54) is 0 Å². The van der Waals surface area contributed by atoms with Crippen LogP contribution in [0.3, 0.4) is 0 Å². The Morgan fingerprint density at radius 3 is 2.57 bits per heavy atom. The lowest BCUT2D eigenvalue weighted by molar-refractivity contribution is 0.318. The minimum absolute atomic E-state index is 0.654. The fraction of sp³-hybridized carbons (Fsp3) is 0.182. The number of hydrogen-bond acceptors (Lipinski definition) is 2. The lowest BCUT2D eigenvalue weighted by Crippen LogP contribution is -1.99. The molecule has 0 bridgehead atoms. The fourth-order valence-electron chi connectivity index (χ4n) is 1.13. The molecular formula is C11H12ClNO. The van der Waals surface area contributed by atoms with Gasteiger partial charge in [-0.15, -0.1) is 6.58 Å². The molecule has 1 aromatic rings. The first-order valence-electron chi connectivity index (χ1n) is 4.35. The van der Waals surface area contributed by atoms with Crippen LogP contribution in [0.5, 0.6) is 0 Å². The van der Waals surface area contributed by atoms with Gasteiger partial charge in [0.15, 0.2) is 0 Å². The molecule has 74 valence electrons. The molecular weight excluding hydrogens is 198 g/mol. The molecule has 0 atom stereocenters. The second kappa shape index (κ2) is 5.45. The number of halogens is 1. The molecule has 0 spiro atoms. The van der Waals surface area contributed by atoms with Gasteiger partial charge in [-0.2, -0.15) is 0 Å². The summed E-state index contributed by atoms with van der Waals surface area (Å²) in [6.07, 6.45) is 3.27. The Hall–Kier alpha value is -1.28. The van der Waals surface area contributed by atoms with Crippen LogP contribution in [0.1, 0.15) is 18.4 Å². The molecule has 3 heteroatoms. The van der Waals surface area contributed by atoms with Gasteiger partial charge >= 0.3 is 0 Å². The summed E-state index contributed by atoms with van der Waals surface area (Å²) in [5, 5.41) is 12.7. The Balaban J connectivity index is 2.79. The predicted molar refractivity (Wildman–Crippen MR) is 59.2 cm³/mol. The Labute approximate surface area is 88.5 Å². The van der Waals surface area contributed by atoms with Gasteiger partial charge in [-0.3, -0.25) is 0 Å². The van der Waals surface area contributed by atoms with Gasteiger partial charge in [-0.1, -0.05) is 35.0 Å². The first-order valence-corrected chi connectivity index (χ1v) is 4.73. The van der Waals surface area contributed by atoms with Crippen molar-refractivity contribution in [3.8, 4) is 0 Å². The second-order valence-electron chi connectivity index (χ2n) is 2.88. The fourth-order valence-corrected chi connectivity index (χ4v) is 1.26. The summed E-state index contributed by atoms with van der Waals surface area (Å²) >= 11 is 5.75. The van der Waals surface area contributed by atoms with E-state index in [2.05, 4.69) is 11.7 Å². The third-order valence-electron chi connectivity index (χ3n) is 1.88. The average Bonchev–Trinajstić information content (AvgIpc) is 2.21. The largest absolute Gasteiger partial charge is 0.411 e. The zero-order chi connectivity index (χ0) is 10.4. The highest BCUT2D eigenvalue weighted by atomic mass is 35.5. The number of rotatable bonds is 4. The van der Waals surface area contributed by atoms with E-state index in [-0.39, 0.29) is 0 Å². The summed E-state index contributed by atoms with van der Waals surface area (Å²) in [7, 11) is 0. The normalized spacial score (nSPS) is 11.4. The van der Waals surface area contributed by atoms with Crippen molar-refractivity contribution in [3.05, 3.63) is 47.5 Å². The molecule has 14 heavy (non-hydrogen) atoms. The summed E-state index contributed by atoms with van der Waals surface area (Å²) in [5.41, 5.74) is 1.54. The van der Waals surface area contributed by atoms with Crippen LogP contribution in [0, 0.1) is 0 Å². The second-order valence-corrected chi connectivity index (χ2v) is 3.32. The summed E-state index contributed by atoms with van der Waals surface area (Å²) in [5.74, 6) is 0. The molecule has 0 saturated heterocycles. The highest BCUT2D eigenvalue weighted by Gasteiger charge is 2.02. The zero-order valence-corrected chi connectivity index (χ0v) is 8.54. The van der Waals surface area contributed by atoms with E-state index < -0.39 is 0 Å². The standard InChI is InChI=1S/C11H12ClNO/c1-2-3-4-11(13-14)9-5-7-10(12)8-6-9/h2,5-8,14H,1,3-4H2/b13-11+. The molecule has 1 N–H and O–H groups in total. The van der Waals surface area contributed by atoms with Crippen molar-refractivity contribution in [1.82, 2.24) is 0 Å². The Morgan fingerprint density at radius 1 is 1.43 bits per heavy atom. The van der Waals surface area contributed by atoms with Crippen molar-refractivity contribution < 1.29 is 5.21 Å². The quantitative estimate of drug-likeness (QED) is 0.350. The van der Waals surface area contributed by atoms with Crippen LogP contribution >= 0.6 is 11.6 Å². The molecule has 0 heterocycles. The van der Waals surface area contributed by atoms with Gasteiger partial charge in [0.05, 0.1) is 5.71 Å². The van der Waals surface area contributed by atoms with Gasteiger partial charge < -0.3 is 5.21 Å². The van der Waals surface area contributed by atoms with Gasteiger partial charge in [-0.05, 0) is 30.5 Å². The van der Waals surface area contributed by atoms with Crippen molar-refractivity contribution in [2.75, 3.05) is 0 Å². The molecule has 0 aliphatic heterocycles. The maximum Gasteiger partial charge on any atom is 0.0870 e. The van der Waals surface area contributed by atoms with Gasteiger partial charge in [0.2, 0.25) is 0 Å². The van der Waals surface area contributed by atoms with E-state index in [1.807, 2.05) is 12.1 Å². The Morgan fingerprint density at radius 2 is 2.07 bits per heavy atom. The molecule has 0 amide bonds. The summed E-state index contributed by atoms with van der Waals surface area (Å²) < 4.78 is 0. The molecule has 0 aromatic heterocycles. The van der Waals surface area contributed by atoms with E-state index in [9.17, 15) is 0 Å². The van der Waals surface area contributed by atoms with Crippen molar-refractivity contribution in [2.24, 2.45) is 5.16 Å². The van der Waals surface area contributed by atoms with Crippen LogP contribution in [-0.2, 0) is 0 Å². The minimum Gasteiger partial charge on any atom is -0.411 e. The average molecular weight is 210 g/mol. The maximum atomic E-state index is 8.80. The van der Waals surface area contributed by atoms with Gasteiger partial charge in [0.25, 0.3) is 0 Å². The third-order valence-corrected chi connectivity index (χ3v) is 2.14. The van der Waals surface area contributed by atoms with Gasteiger partial charge in [0.1, 0.15) is 0 Å². The molecule has 0 aliphatic carbocycles. The monoisotopic (exact) mass is 209 g/mol. The van der Waals surface area contributed by atoms with Crippen molar-refractivity contribution in [2.45, 2.75) is 12.8 Å². The van der Waals surface area contributed by atoms with Crippen LogP contribution in [0.25, 0.3) is 0 Å². The Kier molecular flexibility index (Phi) is 4.20. The summed E-state index contributed by atoms with van der Waals surface area (Å²) in [6, 6.07) is 7.22. The van der Waals surface area contributed by atoms with E-state index in [0.717, 1.165) is 12.0 Å². The highest BCUT2D eigenvalue weighted by Crippen LogP contribution is 2.12. The first-order chi connectivity index (χ1) is 6.77. The Bertz CT molecular complexity index is 330. The van der Waals surface area contributed by atoms with Crippen LogP contribution in [0.2, 0.25) is 5.02 Å². The van der Waals surface area contributed by atoms with E-state index in [4.69, 9.17) is 16.8 Å². The van der Waals surface area contributed by atoms with Crippen molar-refractivity contribution in [3.63, 3.8) is 0 Å². The van der Waals surface area contributed by atoms with E-state index in [1.54, 1.807) is 18.2 Å². The first kappa shape index (κ1) is 10.8. The van der Waals surface area contributed by atoms with Crippen LogP contribution in [0.4, 0.5) is 0 Å². The van der Waals surface area contributed by atoms with E-state index in [0.29, 0.717) is 17.2 Å². The molecule has 0 fully saturated rings. The molecule has 0 unspecified atom stereocenters. The van der Waals surface area contributed by atoms with Crippen molar-refractivity contribution >= 4 is 17.3 Å². The molecule has 1 rings (SSSR count). The number of allylic oxidation sites excluding steroid dienone is 1. The molecule has 1 aromatic carbocycles. The lowest BCUT2D eigenvalue weighted by Gasteiger charge is -2.02. The van der Waals surface area contributed by atoms with Crippen LogP contribution in [-0.4, -0.2) is 10.9 Å². The van der Waals surface area contributed by atoms with E-state index >= 15 is 0 Å². The number of hydrogen-bond donors (Lipinski definition) is 1. The number of benzene rings is 1. The molecule has 0 aliphatic rings. The smallest absolute Gasteiger partial charge is 0.0870 e. The molecule has 0 radical (unpaired) electrons. The van der Waals surface area contributed by atoms with Gasteiger partial charge in [0, 0.05) is 5.02 Å².